The van der Waals surface area contributed by atoms with Crippen LogP contribution < -0.4 is 0 Å². The second kappa shape index (κ2) is 3.86. The summed E-state index contributed by atoms with van der Waals surface area (Å²) in [7, 11) is 0. The van der Waals surface area contributed by atoms with E-state index in [1.54, 1.807) is 6.07 Å². The molecule has 0 aliphatic rings. The molecule has 1 rings (SSSR count). The van der Waals surface area contributed by atoms with Gasteiger partial charge >= 0.3 is 0 Å². The van der Waals surface area contributed by atoms with Crippen molar-refractivity contribution in [3.63, 3.8) is 0 Å². The molecule has 0 amide bonds. The minimum absolute atomic E-state index is 0.290. The summed E-state index contributed by atoms with van der Waals surface area (Å²) < 4.78 is 26.2. The maximum Gasteiger partial charge on any atom is 0.127 e. The highest BCUT2D eigenvalue weighted by Gasteiger charge is 2.09. The van der Waals surface area contributed by atoms with Gasteiger partial charge in [0.2, 0.25) is 0 Å². The third kappa shape index (κ3) is 2.06. The van der Waals surface area contributed by atoms with Crippen LogP contribution in [0.5, 0.6) is 0 Å². The predicted molar refractivity (Wildman–Crippen MR) is 50.0 cm³/mol. The first kappa shape index (κ1) is 10.2. The summed E-state index contributed by atoms with van der Waals surface area (Å²) in [6, 6.07) is 3.00. The molecule has 0 heterocycles. The van der Waals surface area contributed by atoms with Crippen molar-refractivity contribution in [2.45, 2.75) is 33.4 Å². The Kier molecular flexibility index (Phi) is 3.02. The van der Waals surface area contributed by atoms with Crippen LogP contribution in [0.4, 0.5) is 8.78 Å². The highest BCUT2D eigenvalue weighted by molar-refractivity contribution is 5.33. The first-order valence-electron chi connectivity index (χ1n) is 4.49. The van der Waals surface area contributed by atoms with E-state index in [4.69, 9.17) is 0 Å². The lowest BCUT2D eigenvalue weighted by atomic mass is 10.0. The fourth-order valence-corrected chi connectivity index (χ4v) is 1.48. The van der Waals surface area contributed by atoms with Crippen molar-refractivity contribution in [2.24, 2.45) is 0 Å². The predicted octanol–water partition coefficient (Wildman–Crippen LogP) is 3.73. The topological polar surface area (TPSA) is 0 Å². The molecule has 1 aromatic rings. The standard InChI is InChI=1S/C11H14F2/c1-4-10-7(2)5-9(8(3)12)6-11(10)13/h5-6,8H,4H2,1-3H3. The van der Waals surface area contributed by atoms with Crippen molar-refractivity contribution in [1.82, 2.24) is 0 Å². The molecule has 13 heavy (non-hydrogen) atoms. The number of halogens is 2. The van der Waals surface area contributed by atoms with Gasteiger partial charge in [-0.2, -0.15) is 0 Å². The minimum atomic E-state index is -1.10. The molecule has 72 valence electrons. The van der Waals surface area contributed by atoms with Gasteiger partial charge in [-0.05, 0) is 43.0 Å². The van der Waals surface area contributed by atoms with Crippen LogP contribution in [0.25, 0.3) is 0 Å². The summed E-state index contributed by atoms with van der Waals surface area (Å²) in [5.41, 5.74) is 1.94. The van der Waals surface area contributed by atoms with Crippen molar-refractivity contribution in [1.29, 1.82) is 0 Å². The van der Waals surface area contributed by atoms with Gasteiger partial charge in [0.15, 0.2) is 0 Å². The molecule has 2 heteroatoms. The summed E-state index contributed by atoms with van der Waals surface area (Å²) in [6.45, 7) is 5.12. The molecule has 0 fully saturated rings. The highest BCUT2D eigenvalue weighted by Crippen LogP contribution is 2.22. The van der Waals surface area contributed by atoms with Gasteiger partial charge in [0.1, 0.15) is 12.0 Å². The van der Waals surface area contributed by atoms with Crippen LogP contribution >= 0.6 is 0 Å². The molecule has 0 nitrogen and oxygen atoms in total. The molecule has 0 N–H and O–H groups in total. The first-order valence-corrected chi connectivity index (χ1v) is 4.49. The molecule has 0 aliphatic heterocycles. The van der Waals surface area contributed by atoms with Gasteiger partial charge in [0.25, 0.3) is 0 Å². The van der Waals surface area contributed by atoms with Gasteiger partial charge in [0, 0.05) is 0 Å². The monoisotopic (exact) mass is 184 g/mol. The number of rotatable bonds is 2. The second-order valence-corrected chi connectivity index (χ2v) is 3.27. The van der Waals surface area contributed by atoms with E-state index in [0.717, 1.165) is 5.56 Å². The molecule has 1 aromatic carbocycles. The van der Waals surface area contributed by atoms with Crippen LogP contribution in [0.1, 0.15) is 36.7 Å². The van der Waals surface area contributed by atoms with E-state index in [2.05, 4.69) is 0 Å². The van der Waals surface area contributed by atoms with Crippen molar-refractivity contribution >= 4 is 0 Å². The third-order valence-electron chi connectivity index (χ3n) is 2.25. The zero-order chi connectivity index (χ0) is 10.0. The zero-order valence-electron chi connectivity index (χ0n) is 8.20. The minimum Gasteiger partial charge on any atom is -0.243 e. The van der Waals surface area contributed by atoms with Crippen molar-refractivity contribution in [3.05, 3.63) is 34.6 Å². The Morgan fingerprint density at radius 2 is 2.00 bits per heavy atom. The van der Waals surface area contributed by atoms with E-state index >= 15 is 0 Å². The summed E-state index contributed by atoms with van der Waals surface area (Å²) in [4.78, 5) is 0. The lowest BCUT2D eigenvalue weighted by Crippen LogP contribution is -1.96. The number of hydrogen-bond acceptors (Lipinski definition) is 0. The van der Waals surface area contributed by atoms with Crippen LogP contribution in [-0.2, 0) is 6.42 Å². The average Bonchev–Trinajstić information content (AvgIpc) is 2.03. The molecule has 0 aromatic heterocycles. The molecule has 0 radical (unpaired) electrons. The molecular formula is C11H14F2. The van der Waals surface area contributed by atoms with E-state index in [1.165, 1.54) is 13.0 Å². The molecule has 0 aliphatic carbocycles. The zero-order valence-corrected chi connectivity index (χ0v) is 8.20. The van der Waals surface area contributed by atoms with Crippen LogP contribution in [0.2, 0.25) is 0 Å². The summed E-state index contributed by atoms with van der Waals surface area (Å²) in [5, 5.41) is 0. The number of alkyl halides is 1. The van der Waals surface area contributed by atoms with Gasteiger partial charge in [-0.3, -0.25) is 0 Å². The van der Waals surface area contributed by atoms with Gasteiger partial charge in [-0.15, -0.1) is 0 Å². The third-order valence-corrected chi connectivity index (χ3v) is 2.25. The van der Waals surface area contributed by atoms with Crippen LogP contribution in [0.3, 0.4) is 0 Å². The molecule has 1 unspecified atom stereocenters. The van der Waals surface area contributed by atoms with Crippen molar-refractivity contribution in [2.75, 3.05) is 0 Å². The first-order chi connectivity index (χ1) is 6.06. The maximum atomic E-state index is 13.3. The van der Waals surface area contributed by atoms with Gasteiger partial charge in [0.05, 0.1) is 0 Å². The fourth-order valence-electron chi connectivity index (χ4n) is 1.48. The lowest BCUT2D eigenvalue weighted by Gasteiger charge is -2.09. The van der Waals surface area contributed by atoms with E-state index in [1.807, 2.05) is 13.8 Å². The molecule has 0 saturated carbocycles. The summed E-state index contributed by atoms with van der Waals surface area (Å²) in [6.07, 6.45) is -0.447. The average molecular weight is 184 g/mol. The van der Waals surface area contributed by atoms with Gasteiger partial charge in [-0.1, -0.05) is 13.0 Å². The Labute approximate surface area is 77.6 Å². The second-order valence-electron chi connectivity index (χ2n) is 3.27. The molecule has 1 atom stereocenters. The van der Waals surface area contributed by atoms with Gasteiger partial charge in [-0.25, -0.2) is 8.78 Å². The number of hydrogen-bond donors (Lipinski definition) is 0. The van der Waals surface area contributed by atoms with E-state index in [-0.39, 0.29) is 5.82 Å². The Morgan fingerprint density at radius 1 is 1.38 bits per heavy atom. The Hall–Kier alpha value is -0.920. The quantitative estimate of drug-likeness (QED) is 0.657. The molecular weight excluding hydrogens is 170 g/mol. The Balaban J connectivity index is 3.20. The normalized spacial score (nSPS) is 13.0. The molecule has 0 spiro atoms. The number of aryl methyl sites for hydroxylation is 1. The van der Waals surface area contributed by atoms with Crippen molar-refractivity contribution < 1.29 is 8.78 Å². The van der Waals surface area contributed by atoms with Crippen LogP contribution in [0.15, 0.2) is 12.1 Å². The summed E-state index contributed by atoms with van der Waals surface area (Å²) in [5.74, 6) is -0.290. The van der Waals surface area contributed by atoms with Crippen molar-refractivity contribution in [3.8, 4) is 0 Å². The number of benzene rings is 1. The molecule has 0 bridgehead atoms. The largest absolute Gasteiger partial charge is 0.243 e. The maximum absolute atomic E-state index is 13.3. The lowest BCUT2D eigenvalue weighted by molar-refractivity contribution is 0.372. The van der Waals surface area contributed by atoms with E-state index < -0.39 is 6.17 Å². The van der Waals surface area contributed by atoms with Gasteiger partial charge < -0.3 is 0 Å². The Bertz CT molecular complexity index is 280. The van der Waals surface area contributed by atoms with E-state index in [9.17, 15) is 8.78 Å². The fraction of sp³-hybridized carbons (Fsp3) is 0.455. The SMILES string of the molecule is CCc1c(C)cc(C(C)F)cc1F. The van der Waals surface area contributed by atoms with Crippen LogP contribution in [-0.4, -0.2) is 0 Å². The van der Waals surface area contributed by atoms with E-state index in [0.29, 0.717) is 17.5 Å². The smallest absolute Gasteiger partial charge is 0.127 e. The summed E-state index contributed by atoms with van der Waals surface area (Å²) >= 11 is 0. The highest BCUT2D eigenvalue weighted by atomic mass is 19.1. The molecule has 0 saturated heterocycles. The van der Waals surface area contributed by atoms with Crippen LogP contribution in [0, 0.1) is 12.7 Å². The Morgan fingerprint density at radius 3 is 2.38 bits per heavy atom.